The molecule has 0 unspecified atom stereocenters. The molecule has 1 aromatic carbocycles. The van der Waals surface area contributed by atoms with Gasteiger partial charge < -0.3 is 9.47 Å². The fraction of sp³-hybridized carbons (Fsp3) is 0.167. The van der Waals surface area contributed by atoms with Crippen LogP contribution in [0.25, 0.3) is 10.6 Å². The third-order valence-electron chi connectivity index (χ3n) is 3.43. The van der Waals surface area contributed by atoms with Crippen LogP contribution >= 0.6 is 22.7 Å². The Bertz CT molecular complexity index is 899. The molecule has 25 heavy (non-hydrogen) atoms. The number of ether oxygens (including phenoxy) is 2. The fourth-order valence-electron chi connectivity index (χ4n) is 2.22. The first kappa shape index (κ1) is 17.3. The van der Waals surface area contributed by atoms with Gasteiger partial charge >= 0.3 is 5.97 Å². The second-order valence-electron chi connectivity index (χ2n) is 5.12. The van der Waals surface area contributed by atoms with Crippen LogP contribution in [0.2, 0.25) is 0 Å². The Balaban J connectivity index is 1.73. The van der Waals surface area contributed by atoms with E-state index in [0.717, 1.165) is 10.6 Å². The van der Waals surface area contributed by atoms with E-state index in [-0.39, 0.29) is 12.4 Å². The van der Waals surface area contributed by atoms with E-state index >= 15 is 0 Å². The molecule has 0 aliphatic carbocycles. The summed E-state index contributed by atoms with van der Waals surface area (Å²) < 4.78 is 10.2. The van der Waals surface area contributed by atoms with E-state index in [1.165, 1.54) is 29.8 Å². The molecule has 0 bridgehead atoms. The van der Waals surface area contributed by atoms with E-state index in [2.05, 4.69) is 4.98 Å². The summed E-state index contributed by atoms with van der Waals surface area (Å²) in [5, 5.41) is 2.52. The molecule has 3 rings (SSSR count). The number of carbonyl (C=O) groups excluding carboxylic acids is 2. The number of nitrogens with zero attached hydrogens (tertiary/aromatic N) is 1. The molecule has 2 aromatic heterocycles. The minimum absolute atomic E-state index is 0.155. The molecule has 0 radical (unpaired) electrons. The summed E-state index contributed by atoms with van der Waals surface area (Å²) in [6, 6.07) is 11.4. The molecule has 0 fully saturated rings. The maximum absolute atomic E-state index is 12.5. The second kappa shape index (κ2) is 7.58. The van der Waals surface area contributed by atoms with Crippen LogP contribution in [0.1, 0.15) is 25.0 Å². The van der Waals surface area contributed by atoms with Crippen LogP contribution in [-0.2, 0) is 4.74 Å². The first-order valence-corrected chi connectivity index (χ1v) is 9.14. The van der Waals surface area contributed by atoms with Crippen LogP contribution in [0.3, 0.4) is 0 Å². The fourth-order valence-corrected chi connectivity index (χ4v) is 3.97. The van der Waals surface area contributed by atoms with Crippen LogP contribution in [0.4, 0.5) is 0 Å². The van der Waals surface area contributed by atoms with Crippen molar-refractivity contribution in [2.45, 2.75) is 6.92 Å². The SMILES string of the molecule is COC(=O)c1sccc1OCC(=O)c1sc(-c2ccccc2)nc1C. The predicted octanol–water partition coefficient (Wildman–Crippen LogP) is 4.23. The number of aryl methyl sites for hydroxylation is 1. The molecule has 0 amide bonds. The standard InChI is InChI=1S/C18H15NO4S2/c1-11-15(25-17(19-11)12-6-4-3-5-7-12)13(20)10-23-14-8-9-24-16(14)18(21)22-2/h3-9H,10H2,1-2H3. The molecule has 0 spiro atoms. The van der Waals surface area contributed by atoms with Crippen molar-refractivity contribution in [3.05, 3.63) is 57.2 Å². The molecule has 5 nitrogen and oxygen atoms in total. The molecular weight excluding hydrogens is 358 g/mol. The predicted molar refractivity (Wildman–Crippen MR) is 97.8 cm³/mol. The Hall–Kier alpha value is -2.51. The van der Waals surface area contributed by atoms with E-state index < -0.39 is 5.97 Å². The van der Waals surface area contributed by atoms with Gasteiger partial charge in [0.2, 0.25) is 5.78 Å². The number of Topliss-reactive ketones (excluding diaryl/α,β-unsaturated/α-hetero) is 1. The Labute approximate surface area is 152 Å². The van der Waals surface area contributed by atoms with Crippen LogP contribution in [0, 0.1) is 6.92 Å². The van der Waals surface area contributed by atoms with Crippen molar-refractivity contribution < 1.29 is 19.1 Å². The zero-order chi connectivity index (χ0) is 17.8. The summed E-state index contributed by atoms with van der Waals surface area (Å²) in [5.41, 5.74) is 1.65. The highest BCUT2D eigenvalue weighted by Crippen LogP contribution is 2.29. The number of rotatable bonds is 6. The minimum atomic E-state index is -0.474. The maximum Gasteiger partial charge on any atom is 0.351 e. The average molecular weight is 373 g/mol. The minimum Gasteiger partial charge on any atom is -0.484 e. The van der Waals surface area contributed by atoms with Gasteiger partial charge in [-0.1, -0.05) is 30.3 Å². The number of ketones is 1. The Kier molecular flexibility index (Phi) is 5.25. The number of methoxy groups -OCH3 is 1. The van der Waals surface area contributed by atoms with Gasteiger partial charge in [0, 0.05) is 5.56 Å². The van der Waals surface area contributed by atoms with Crippen LogP contribution < -0.4 is 4.74 Å². The normalized spacial score (nSPS) is 10.5. The van der Waals surface area contributed by atoms with Crippen molar-refractivity contribution >= 4 is 34.4 Å². The van der Waals surface area contributed by atoms with Crippen molar-refractivity contribution in [3.8, 4) is 16.3 Å². The molecule has 128 valence electrons. The van der Waals surface area contributed by atoms with E-state index in [0.29, 0.717) is 21.2 Å². The molecule has 7 heteroatoms. The summed E-state index contributed by atoms with van der Waals surface area (Å²) in [7, 11) is 1.31. The number of thiazole rings is 1. The van der Waals surface area contributed by atoms with E-state index in [9.17, 15) is 9.59 Å². The summed E-state index contributed by atoms with van der Waals surface area (Å²) in [4.78, 5) is 29.5. The van der Waals surface area contributed by atoms with Gasteiger partial charge in [0.25, 0.3) is 0 Å². The number of esters is 1. The second-order valence-corrected chi connectivity index (χ2v) is 7.03. The highest BCUT2D eigenvalue weighted by molar-refractivity contribution is 7.17. The molecule has 0 saturated heterocycles. The molecule has 3 aromatic rings. The molecule has 2 heterocycles. The monoisotopic (exact) mass is 373 g/mol. The summed E-state index contributed by atoms with van der Waals surface area (Å²) in [5.74, 6) is -0.285. The van der Waals surface area contributed by atoms with Crippen molar-refractivity contribution in [2.24, 2.45) is 0 Å². The van der Waals surface area contributed by atoms with Gasteiger partial charge in [-0.15, -0.1) is 22.7 Å². The number of benzene rings is 1. The van der Waals surface area contributed by atoms with Gasteiger partial charge in [0.1, 0.15) is 10.8 Å². The molecule has 0 aliphatic heterocycles. The number of carbonyl (C=O) groups is 2. The third-order valence-corrected chi connectivity index (χ3v) is 5.55. The quantitative estimate of drug-likeness (QED) is 0.478. The van der Waals surface area contributed by atoms with E-state index in [1.54, 1.807) is 18.4 Å². The highest BCUT2D eigenvalue weighted by atomic mass is 32.1. The van der Waals surface area contributed by atoms with Gasteiger partial charge in [-0.2, -0.15) is 0 Å². The molecule has 0 atom stereocenters. The van der Waals surface area contributed by atoms with Gasteiger partial charge in [0.05, 0.1) is 17.7 Å². The van der Waals surface area contributed by atoms with Gasteiger partial charge in [-0.3, -0.25) is 4.79 Å². The van der Waals surface area contributed by atoms with Crippen molar-refractivity contribution in [1.29, 1.82) is 0 Å². The number of thiophene rings is 1. The smallest absolute Gasteiger partial charge is 0.351 e. The number of hydrogen-bond acceptors (Lipinski definition) is 7. The lowest BCUT2D eigenvalue weighted by Gasteiger charge is -2.05. The van der Waals surface area contributed by atoms with Crippen LogP contribution in [-0.4, -0.2) is 30.5 Å². The lowest BCUT2D eigenvalue weighted by Crippen LogP contribution is -2.12. The van der Waals surface area contributed by atoms with Gasteiger partial charge in [-0.25, -0.2) is 9.78 Å². The average Bonchev–Trinajstić information content (AvgIpc) is 3.26. The highest BCUT2D eigenvalue weighted by Gasteiger charge is 2.19. The molecular formula is C18H15NO4S2. The number of aromatic nitrogens is 1. The first-order valence-electron chi connectivity index (χ1n) is 7.44. The first-order chi connectivity index (χ1) is 12.1. The maximum atomic E-state index is 12.5. The lowest BCUT2D eigenvalue weighted by atomic mass is 10.2. The third kappa shape index (κ3) is 3.78. The molecule has 0 saturated carbocycles. The van der Waals surface area contributed by atoms with Crippen LogP contribution in [0.5, 0.6) is 5.75 Å². The Morgan fingerprint density at radius 2 is 1.88 bits per heavy atom. The van der Waals surface area contributed by atoms with E-state index in [4.69, 9.17) is 9.47 Å². The molecule has 0 aliphatic rings. The topological polar surface area (TPSA) is 65.5 Å². The van der Waals surface area contributed by atoms with Crippen molar-refractivity contribution in [3.63, 3.8) is 0 Å². The number of hydrogen-bond donors (Lipinski definition) is 0. The largest absolute Gasteiger partial charge is 0.484 e. The summed E-state index contributed by atoms with van der Waals surface area (Å²) in [6.07, 6.45) is 0. The molecule has 0 N–H and O–H groups in total. The summed E-state index contributed by atoms with van der Waals surface area (Å²) >= 11 is 2.56. The van der Waals surface area contributed by atoms with Gasteiger partial charge in [-0.05, 0) is 18.4 Å². The Morgan fingerprint density at radius 3 is 2.60 bits per heavy atom. The van der Waals surface area contributed by atoms with E-state index in [1.807, 2.05) is 30.3 Å². The lowest BCUT2D eigenvalue weighted by molar-refractivity contribution is 0.0600. The summed E-state index contributed by atoms with van der Waals surface area (Å²) in [6.45, 7) is 1.65. The Morgan fingerprint density at radius 1 is 1.12 bits per heavy atom. The van der Waals surface area contributed by atoms with Crippen molar-refractivity contribution in [2.75, 3.05) is 13.7 Å². The van der Waals surface area contributed by atoms with Crippen LogP contribution in [0.15, 0.2) is 41.8 Å². The zero-order valence-corrected chi connectivity index (χ0v) is 15.3. The zero-order valence-electron chi connectivity index (χ0n) is 13.6. The van der Waals surface area contributed by atoms with Crippen molar-refractivity contribution in [1.82, 2.24) is 4.98 Å². The van der Waals surface area contributed by atoms with Gasteiger partial charge in [0.15, 0.2) is 11.5 Å².